The van der Waals surface area contributed by atoms with Gasteiger partial charge in [0.25, 0.3) is 0 Å². The molecule has 0 spiro atoms. The highest BCUT2D eigenvalue weighted by Gasteiger charge is 2.20. The SMILES string of the molecule is CC1CC(N)=NN1Cc1ccccc1. The van der Waals surface area contributed by atoms with Crippen molar-refractivity contribution in [2.75, 3.05) is 0 Å². The van der Waals surface area contributed by atoms with Crippen molar-refractivity contribution in [3.63, 3.8) is 0 Å². The summed E-state index contributed by atoms with van der Waals surface area (Å²) in [6, 6.07) is 10.8. The first kappa shape index (κ1) is 9.06. The van der Waals surface area contributed by atoms with E-state index in [0.29, 0.717) is 6.04 Å². The molecule has 0 aromatic heterocycles. The van der Waals surface area contributed by atoms with E-state index in [9.17, 15) is 0 Å². The summed E-state index contributed by atoms with van der Waals surface area (Å²) in [4.78, 5) is 0. The Hall–Kier alpha value is -1.51. The lowest BCUT2D eigenvalue weighted by molar-refractivity contribution is 0.236. The Morgan fingerprint density at radius 2 is 2.14 bits per heavy atom. The van der Waals surface area contributed by atoms with Crippen LogP contribution in [0.1, 0.15) is 18.9 Å². The van der Waals surface area contributed by atoms with Gasteiger partial charge in [-0.2, -0.15) is 5.10 Å². The summed E-state index contributed by atoms with van der Waals surface area (Å²) in [6.07, 6.45) is 0.882. The zero-order valence-corrected chi connectivity index (χ0v) is 8.35. The molecule has 3 nitrogen and oxygen atoms in total. The summed E-state index contributed by atoms with van der Waals surface area (Å²) < 4.78 is 0. The van der Waals surface area contributed by atoms with Gasteiger partial charge in [-0.1, -0.05) is 30.3 Å². The minimum absolute atomic E-state index is 0.426. The fourth-order valence-corrected chi connectivity index (χ4v) is 1.67. The third-order valence-corrected chi connectivity index (χ3v) is 2.46. The standard InChI is InChI=1S/C11H15N3/c1-9-7-11(12)13-14(9)8-10-5-3-2-4-6-10/h2-6,9H,7-8H2,1H3,(H2,12,13). The first-order valence-corrected chi connectivity index (χ1v) is 4.89. The van der Waals surface area contributed by atoms with E-state index in [1.807, 2.05) is 23.2 Å². The van der Waals surface area contributed by atoms with E-state index < -0.39 is 0 Å². The molecule has 0 radical (unpaired) electrons. The zero-order valence-electron chi connectivity index (χ0n) is 8.35. The van der Waals surface area contributed by atoms with Gasteiger partial charge in [-0.25, -0.2) is 0 Å². The van der Waals surface area contributed by atoms with Crippen LogP contribution >= 0.6 is 0 Å². The molecule has 2 rings (SSSR count). The number of rotatable bonds is 2. The van der Waals surface area contributed by atoms with Crippen molar-refractivity contribution >= 4 is 5.84 Å². The van der Waals surface area contributed by atoms with Crippen LogP contribution in [0.2, 0.25) is 0 Å². The van der Waals surface area contributed by atoms with Crippen LogP contribution in [0.25, 0.3) is 0 Å². The van der Waals surface area contributed by atoms with Gasteiger partial charge in [-0.05, 0) is 12.5 Å². The molecule has 1 unspecified atom stereocenters. The Morgan fingerprint density at radius 1 is 1.43 bits per heavy atom. The number of hydrogen-bond acceptors (Lipinski definition) is 3. The van der Waals surface area contributed by atoms with Gasteiger partial charge < -0.3 is 5.73 Å². The smallest absolute Gasteiger partial charge is 0.121 e. The normalized spacial score (nSPS) is 21.1. The second-order valence-electron chi connectivity index (χ2n) is 3.73. The van der Waals surface area contributed by atoms with Crippen molar-refractivity contribution < 1.29 is 0 Å². The van der Waals surface area contributed by atoms with Gasteiger partial charge in [0.2, 0.25) is 0 Å². The number of benzene rings is 1. The molecule has 0 saturated carbocycles. The molecule has 1 aliphatic heterocycles. The molecule has 1 aliphatic rings. The van der Waals surface area contributed by atoms with Gasteiger partial charge in [-0.3, -0.25) is 5.01 Å². The Bertz CT molecular complexity index is 332. The van der Waals surface area contributed by atoms with Gasteiger partial charge in [0.1, 0.15) is 5.84 Å². The molecule has 1 aromatic carbocycles. The summed E-state index contributed by atoms with van der Waals surface area (Å²) >= 11 is 0. The van der Waals surface area contributed by atoms with Crippen molar-refractivity contribution in [3.8, 4) is 0 Å². The predicted octanol–water partition coefficient (Wildman–Crippen LogP) is 1.55. The molecule has 0 bridgehead atoms. The Balaban J connectivity index is 2.05. The molecule has 14 heavy (non-hydrogen) atoms. The third-order valence-electron chi connectivity index (χ3n) is 2.46. The van der Waals surface area contributed by atoms with Gasteiger partial charge in [-0.15, -0.1) is 0 Å². The highest BCUT2D eigenvalue weighted by Crippen LogP contribution is 2.16. The molecule has 1 aromatic rings. The van der Waals surface area contributed by atoms with Crippen molar-refractivity contribution in [2.24, 2.45) is 10.8 Å². The number of nitrogens with two attached hydrogens (primary N) is 1. The van der Waals surface area contributed by atoms with E-state index in [-0.39, 0.29) is 0 Å². The monoisotopic (exact) mass is 189 g/mol. The van der Waals surface area contributed by atoms with Gasteiger partial charge >= 0.3 is 0 Å². The fraction of sp³-hybridized carbons (Fsp3) is 0.364. The largest absolute Gasteiger partial charge is 0.386 e. The summed E-state index contributed by atoms with van der Waals surface area (Å²) in [5.74, 6) is 0.744. The Labute approximate surface area is 84.2 Å². The number of hydrogen-bond donors (Lipinski definition) is 1. The highest BCUT2D eigenvalue weighted by atomic mass is 15.5. The van der Waals surface area contributed by atoms with Crippen LogP contribution in [0.5, 0.6) is 0 Å². The molecule has 0 amide bonds. The predicted molar refractivity (Wildman–Crippen MR) is 57.7 cm³/mol. The van der Waals surface area contributed by atoms with Crippen LogP contribution in [0.15, 0.2) is 35.4 Å². The highest BCUT2D eigenvalue weighted by molar-refractivity contribution is 5.81. The second kappa shape index (κ2) is 3.70. The van der Waals surface area contributed by atoms with Crippen molar-refractivity contribution in [3.05, 3.63) is 35.9 Å². The lowest BCUT2D eigenvalue weighted by atomic mass is 10.2. The number of nitrogens with zero attached hydrogens (tertiary/aromatic N) is 2. The molecular weight excluding hydrogens is 174 g/mol. The molecular formula is C11H15N3. The van der Waals surface area contributed by atoms with E-state index in [2.05, 4.69) is 24.2 Å². The topological polar surface area (TPSA) is 41.6 Å². The maximum Gasteiger partial charge on any atom is 0.121 e. The maximum absolute atomic E-state index is 5.68. The molecule has 0 saturated heterocycles. The second-order valence-corrected chi connectivity index (χ2v) is 3.73. The van der Waals surface area contributed by atoms with Crippen LogP contribution in [0.4, 0.5) is 0 Å². The van der Waals surface area contributed by atoms with Gasteiger partial charge in [0, 0.05) is 6.42 Å². The molecule has 1 atom stereocenters. The van der Waals surface area contributed by atoms with E-state index in [0.717, 1.165) is 18.8 Å². The maximum atomic E-state index is 5.68. The van der Waals surface area contributed by atoms with Crippen LogP contribution in [0, 0.1) is 0 Å². The van der Waals surface area contributed by atoms with E-state index in [4.69, 9.17) is 5.73 Å². The summed E-state index contributed by atoms with van der Waals surface area (Å²) in [5, 5.41) is 6.34. The van der Waals surface area contributed by atoms with E-state index >= 15 is 0 Å². The Kier molecular flexibility index (Phi) is 2.39. The summed E-state index contributed by atoms with van der Waals surface area (Å²) in [7, 11) is 0. The minimum atomic E-state index is 0.426. The van der Waals surface area contributed by atoms with Gasteiger partial charge in [0.15, 0.2) is 0 Å². The van der Waals surface area contributed by atoms with Crippen LogP contribution in [-0.2, 0) is 6.54 Å². The van der Waals surface area contributed by atoms with Crippen LogP contribution < -0.4 is 5.73 Å². The average Bonchev–Trinajstić information content (AvgIpc) is 2.47. The van der Waals surface area contributed by atoms with Gasteiger partial charge in [0.05, 0.1) is 12.6 Å². The van der Waals surface area contributed by atoms with E-state index in [1.165, 1.54) is 5.56 Å². The van der Waals surface area contributed by atoms with E-state index in [1.54, 1.807) is 0 Å². The van der Waals surface area contributed by atoms with Crippen molar-refractivity contribution in [1.29, 1.82) is 0 Å². The molecule has 3 heteroatoms. The summed E-state index contributed by atoms with van der Waals surface area (Å²) in [5.41, 5.74) is 6.95. The van der Waals surface area contributed by atoms with Crippen LogP contribution in [0.3, 0.4) is 0 Å². The molecule has 1 heterocycles. The Morgan fingerprint density at radius 3 is 2.71 bits per heavy atom. The number of amidine groups is 1. The first-order chi connectivity index (χ1) is 6.75. The minimum Gasteiger partial charge on any atom is -0.386 e. The summed E-state index contributed by atoms with van der Waals surface area (Å²) in [6.45, 7) is 3.00. The first-order valence-electron chi connectivity index (χ1n) is 4.89. The quantitative estimate of drug-likeness (QED) is 0.767. The van der Waals surface area contributed by atoms with Crippen LogP contribution in [-0.4, -0.2) is 16.9 Å². The van der Waals surface area contributed by atoms with Crippen molar-refractivity contribution in [2.45, 2.75) is 25.9 Å². The molecule has 2 N–H and O–H groups in total. The van der Waals surface area contributed by atoms with Crippen molar-refractivity contribution in [1.82, 2.24) is 5.01 Å². The molecule has 0 aliphatic carbocycles. The zero-order chi connectivity index (χ0) is 9.97. The number of hydrazone groups is 1. The molecule has 0 fully saturated rings. The lowest BCUT2D eigenvalue weighted by Crippen LogP contribution is -2.22. The third kappa shape index (κ3) is 1.87. The molecule has 74 valence electrons. The lowest BCUT2D eigenvalue weighted by Gasteiger charge is -2.19. The fourth-order valence-electron chi connectivity index (χ4n) is 1.67. The average molecular weight is 189 g/mol.